The highest BCUT2D eigenvalue weighted by molar-refractivity contribution is 14.1. The summed E-state index contributed by atoms with van der Waals surface area (Å²) in [5.41, 5.74) is -5.62. The molecule has 1 aliphatic carbocycles. The van der Waals surface area contributed by atoms with E-state index in [4.69, 9.17) is 0 Å². The smallest absolute Gasteiger partial charge is 0.230 e. The fourth-order valence-corrected chi connectivity index (χ4v) is 3.91. The first-order chi connectivity index (χ1) is 12.0. The fraction of sp³-hybridized carbons (Fsp3) is 0.600. The second kappa shape index (κ2) is 6.34. The fourth-order valence-electron chi connectivity index (χ4n) is 2.79. The van der Waals surface area contributed by atoms with E-state index < -0.39 is 52.0 Å². The Morgan fingerprint density at radius 3 is 1.41 bits per heavy atom. The van der Waals surface area contributed by atoms with E-state index in [9.17, 15) is 48.3 Å². The number of halogens is 12. The average Bonchev–Trinajstić information content (AvgIpc) is 2.53. The number of alkyl halides is 12. The minimum absolute atomic E-state index is 0.284. The molecule has 0 bridgehead atoms. The Bertz CT molecular complexity index is 656. The maximum Gasteiger partial charge on any atom is 0.384 e. The van der Waals surface area contributed by atoms with Gasteiger partial charge in [0.1, 0.15) is 0 Å². The molecule has 0 nitrogen and oxygen atoms in total. The molecule has 2 rings (SSSR count). The maximum absolute atomic E-state index is 14.6. The molecule has 1 unspecified atom stereocenters. The van der Waals surface area contributed by atoms with Gasteiger partial charge >= 0.3 is 29.6 Å². The average molecular weight is 526 g/mol. The maximum atomic E-state index is 14.6. The van der Waals surface area contributed by atoms with Gasteiger partial charge in [-0.2, -0.15) is 43.9 Å². The van der Waals surface area contributed by atoms with E-state index in [0.29, 0.717) is 0 Å². The molecule has 1 saturated carbocycles. The van der Waals surface area contributed by atoms with Gasteiger partial charge in [-0.1, -0.05) is 52.9 Å². The van der Waals surface area contributed by atoms with Crippen LogP contribution in [0.5, 0.6) is 0 Å². The van der Waals surface area contributed by atoms with Crippen LogP contribution in [0.15, 0.2) is 30.3 Å². The van der Waals surface area contributed by atoms with Crippen molar-refractivity contribution in [2.75, 3.05) is 0 Å². The lowest BCUT2D eigenvalue weighted by Crippen LogP contribution is -2.83. The zero-order valence-corrected chi connectivity index (χ0v) is 15.1. The van der Waals surface area contributed by atoms with Gasteiger partial charge in [0.15, 0.2) is 0 Å². The van der Waals surface area contributed by atoms with E-state index in [1.807, 2.05) is 0 Å². The van der Waals surface area contributed by atoms with Gasteiger partial charge in [-0.25, -0.2) is 4.39 Å². The molecule has 154 valence electrons. The van der Waals surface area contributed by atoms with E-state index in [1.165, 1.54) is 30.3 Å². The Morgan fingerprint density at radius 2 is 1.00 bits per heavy atom. The SMILES string of the molecule is FC1(F)C(F)(F)C(F)(F)C(F)(CC(I)Cc2ccccc2)C(F)(F)C1(F)F. The Labute approximate surface area is 159 Å². The van der Waals surface area contributed by atoms with Crippen LogP contribution in [0.4, 0.5) is 48.3 Å². The molecule has 0 N–H and O–H groups in total. The molecule has 27 heavy (non-hydrogen) atoms. The first-order valence-electron chi connectivity index (χ1n) is 7.23. The van der Waals surface area contributed by atoms with Crippen molar-refractivity contribution < 1.29 is 48.3 Å². The molecule has 0 aliphatic heterocycles. The van der Waals surface area contributed by atoms with Crippen molar-refractivity contribution >= 4 is 22.6 Å². The predicted molar refractivity (Wildman–Crippen MR) is 81.1 cm³/mol. The van der Waals surface area contributed by atoms with Crippen LogP contribution in [0, 0.1) is 0 Å². The van der Waals surface area contributed by atoms with E-state index in [-0.39, 0.29) is 5.56 Å². The van der Waals surface area contributed by atoms with Gasteiger partial charge in [0.25, 0.3) is 5.67 Å². The molecular formula is C15H10F11I. The quantitative estimate of drug-likeness (QED) is 0.245. The number of benzene rings is 1. The first-order valence-corrected chi connectivity index (χ1v) is 8.48. The van der Waals surface area contributed by atoms with Crippen molar-refractivity contribution in [3.05, 3.63) is 35.9 Å². The second-order valence-corrected chi connectivity index (χ2v) is 7.93. The van der Waals surface area contributed by atoms with Gasteiger partial charge < -0.3 is 0 Å². The summed E-state index contributed by atoms with van der Waals surface area (Å²) in [6.07, 6.45) is -2.63. The normalized spacial score (nSPS) is 27.7. The molecule has 0 spiro atoms. The van der Waals surface area contributed by atoms with Crippen LogP contribution in [-0.4, -0.2) is 39.2 Å². The van der Waals surface area contributed by atoms with Gasteiger partial charge in [-0.3, -0.25) is 0 Å². The molecule has 1 aliphatic rings. The summed E-state index contributed by atoms with van der Waals surface area (Å²) < 4.78 is 148. The molecule has 0 radical (unpaired) electrons. The molecular weight excluding hydrogens is 516 g/mol. The van der Waals surface area contributed by atoms with Crippen molar-refractivity contribution in [2.45, 2.75) is 52.0 Å². The highest BCUT2D eigenvalue weighted by atomic mass is 127. The van der Waals surface area contributed by atoms with Gasteiger partial charge in [0.2, 0.25) is 0 Å². The Balaban J connectivity index is 2.51. The van der Waals surface area contributed by atoms with Crippen molar-refractivity contribution in [2.24, 2.45) is 0 Å². The van der Waals surface area contributed by atoms with Crippen LogP contribution in [0.3, 0.4) is 0 Å². The van der Waals surface area contributed by atoms with Gasteiger partial charge in [0.05, 0.1) is 0 Å². The highest BCUT2D eigenvalue weighted by Gasteiger charge is 3.00. The Kier molecular flexibility index (Phi) is 5.28. The standard InChI is InChI=1S/C15H10F11I/c16-10(7-9(27)6-8-4-2-1-3-5-8)11(17,18)13(21,22)15(25,26)14(23,24)12(10,19)20/h1-5,9H,6-7H2. The summed E-state index contributed by atoms with van der Waals surface area (Å²) in [6.45, 7) is 0. The van der Waals surface area contributed by atoms with Crippen LogP contribution in [0.2, 0.25) is 0 Å². The third kappa shape index (κ3) is 2.75. The van der Waals surface area contributed by atoms with Gasteiger partial charge in [-0.15, -0.1) is 0 Å². The molecule has 0 amide bonds. The molecule has 12 heteroatoms. The Morgan fingerprint density at radius 1 is 0.630 bits per heavy atom. The van der Waals surface area contributed by atoms with E-state index in [2.05, 4.69) is 0 Å². The molecule has 0 heterocycles. The van der Waals surface area contributed by atoms with Crippen molar-refractivity contribution in [1.82, 2.24) is 0 Å². The zero-order valence-electron chi connectivity index (χ0n) is 12.9. The van der Waals surface area contributed by atoms with Crippen LogP contribution in [0.1, 0.15) is 12.0 Å². The van der Waals surface area contributed by atoms with Crippen LogP contribution in [0.25, 0.3) is 0 Å². The number of hydrogen-bond donors (Lipinski definition) is 0. The topological polar surface area (TPSA) is 0 Å². The third-order valence-electron chi connectivity index (χ3n) is 4.38. The van der Waals surface area contributed by atoms with Gasteiger partial charge in [0, 0.05) is 10.3 Å². The Hall–Kier alpha value is -0.820. The highest BCUT2D eigenvalue weighted by Crippen LogP contribution is 2.70. The van der Waals surface area contributed by atoms with Crippen molar-refractivity contribution in [3.63, 3.8) is 0 Å². The van der Waals surface area contributed by atoms with E-state index in [1.54, 1.807) is 0 Å². The summed E-state index contributed by atoms with van der Waals surface area (Å²) in [5, 5.41) is 0. The molecule has 1 atom stereocenters. The number of rotatable bonds is 4. The molecule has 1 aromatic carbocycles. The zero-order chi connectivity index (χ0) is 21.1. The van der Waals surface area contributed by atoms with E-state index >= 15 is 0 Å². The lowest BCUT2D eigenvalue weighted by Gasteiger charge is -2.53. The summed E-state index contributed by atoms with van der Waals surface area (Å²) in [7, 11) is 0. The van der Waals surface area contributed by atoms with E-state index in [0.717, 1.165) is 22.6 Å². The van der Waals surface area contributed by atoms with Crippen molar-refractivity contribution in [1.29, 1.82) is 0 Å². The summed E-state index contributed by atoms with van der Waals surface area (Å²) in [6, 6.07) is 7.14. The van der Waals surface area contributed by atoms with Crippen LogP contribution < -0.4 is 0 Å². The lowest BCUT2D eigenvalue weighted by molar-refractivity contribution is -0.485. The minimum atomic E-state index is -7.16. The summed E-state index contributed by atoms with van der Waals surface area (Å²) in [4.78, 5) is 0. The first kappa shape index (κ1) is 22.5. The molecule has 1 fully saturated rings. The molecule has 0 aromatic heterocycles. The van der Waals surface area contributed by atoms with Crippen LogP contribution in [-0.2, 0) is 6.42 Å². The lowest BCUT2D eigenvalue weighted by atomic mass is 9.70. The second-order valence-electron chi connectivity index (χ2n) is 6.16. The summed E-state index contributed by atoms with van der Waals surface area (Å²) in [5.74, 6) is -34.8. The van der Waals surface area contributed by atoms with Gasteiger partial charge in [-0.05, 0) is 12.0 Å². The van der Waals surface area contributed by atoms with Crippen LogP contribution >= 0.6 is 22.6 Å². The molecule has 1 aromatic rings. The summed E-state index contributed by atoms with van der Waals surface area (Å²) >= 11 is 1.14. The largest absolute Gasteiger partial charge is 0.384 e. The third-order valence-corrected chi connectivity index (χ3v) is 5.26. The monoisotopic (exact) mass is 526 g/mol. The van der Waals surface area contributed by atoms with Crippen molar-refractivity contribution in [3.8, 4) is 0 Å². The molecule has 0 saturated heterocycles. The predicted octanol–water partition coefficient (Wildman–Crippen LogP) is 6.32. The number of hydrogen-bond acceptors (Lipinski definition) is 0. The minimum Gasteiger partial charge on any atom is -0.230 e.